The molecule has 2 aromatic rings. The third-order valence-electron chi connectivity index (χ3n) is 5.78. The average Bonchev–Trinajstić information content (AvgIpc) is 3.21. The van der Waals surface area contributed by atoms with Gasteiger partial charge in [0.1, 0.15) is 11.6 Å². The second-order valence-electron chi connectivity index (χ2n) is 7.46. The van der Waals surface area contributed by atoms with E-state index in [4.69, 9.17) is 0 Å². The van der Waals surface area contributed by atoms with E-state index in [1.807, 2.05) is 0 Å². The molecule has 1 saturated heterocycles. The number of nitrogens with zero attached hydrogens (tertiary/aromatic N) is 5. The van der Waals surface area contributed by atoms with Crippen LogP contribution in [0.2, 0.25) is 0 Å². The molecular formula is C16H22N6O2S. The Hall–Kier alpha value is -1.74. The molecule has 5 rings (SSSR count). The van der Waals surface area contributed by atoms with Gasteiger partial charge in [-0.25, -0.2) is 17.7 Å². The number of nitrogens with one attached hydrogen (secondary N) is 1. The van der Waals surface area contributed by atoms with Crippen LogP contribution in [-0.2, 0) is 16.4 Å². The lowest BCUT2D eigenvalue weighted by Gasteiger charge is -2.35. The van der Waals surface area contributed by atoms with Crippen LogP contribution in [0.5, 0.6) is 0 Å². The lowest BCUT2D eigenvalue weighted by molar-refractivity contribution is 0.243. The monoisotopic (exact) mass is 362 g/mol. The molecule has 134 valence electrons. The zero-order valence-corrected chi connectivity index (χ0v) is 15.0. The van der Waals surface area contributed by atoms with E-state index >= 15 is 0 Å². The van der Waals surface area contributed by atoms with Gasteiger partial charge < -0.3 is 5.32 Å². The lowest BCUT2D eigenvalue weighted by Crippen LogP contribution is -2.44. The largest absolute Gasteiger partial charge is 0.368 e. The Morgan fingerprint density at radius 1 is 1.24 bits per heavy atom. The van der Waals surface area contributed by atoms with Crippen molar-refractivity contribution >= 4 is 21.5 Å². The highest BCUT2D eigenvalue weighted by Gasteiger charge is 2.44. The maximum Gasteiger partial charge on any atom is 0.217 e. The number of rotatable bonds is 3. The van der Waals surface area contributed by atoms with Gasteiger partial charge in [-0.3, -0.25) is 4.40 Å². The molecule has 25 heavy (non-hydrogen) atoms. The van der Waals surface area contributed by atoms with Crippen molar-refractivity contribution in [2.45, 2.75) is 43.8 Å². The minimum atomic E-state index is -3.15. The zero-order valence-electron chi connectivity index (χ0n) is 14.2. The van der Waals surface area contributed by atoms with Gasteiger partial charge in [0.05, 0.1) is 17.1 Å². The summed E-state index contributed by atoms with van der Waals surface area (Å²) in [5, 5.41) is 11.9. The molecule has 0 aromatic carbocycles. The summed E-state index contributed by atoms with van der Waals surface area (Å²) in [6, 6.07) is 0. The van der Waals surface area contributed by atoms with E-state index in [9.17, 15) is 8.42 Å². The normalized spacial score (nSPS) is 27.4. The number of hydrogen-bond donors (Lipinski definition) is 1. The van der Waals surface area contributed by atoms with Gasteiger partial charge in [-0.2, -0.15) is 0 Å². The summed E-state index contributed by atoms with van der Waals surface area (Å²) in [5.74, 6) is 2.20. The van der Waals surface area contributed by atoms with E-state index in [0.29, 0.717) is 19.0 Å². The fourth-order valence-electron chi connectivity index (χ4n) is 4.07. The molecule has 1 saturated carbocycles. The highest BCUT2D eigenvalue weighted by atomic mass is 32.2. The first-order valence-corrected chi connectivity index (χ1v) is 10.5. The quantitative estimate of drug-likeness (QED) is 0.876. The third kappa shape index (κ3) is 2.36. The van der Waals surface area contributed by atoms with E-state index in [1.54, 1.807) is 10.5 Å². The first-order valence-electron chi connectivity index (χ1n) is 9.01. The summed E-state index contributed by atoms with van der Waals surface area (Å²) < 4.78 is 29.2. The van der Waals surface area contributed by atoms with Crippen LogP contribution in [0.4, 0.5) is 5.82 Å². The number of sulfonamides is 1. The minimum absolute atomic E-state index is 0.0596. The van der Waals surface area contributed by atoms with Crippen LogP contribution in [0, 0.1) is 5.92 Å². The average molecular weight is 362 g/mol. The van der Waals surface area contributed by atoms with Crippen molar-refractivity contribution in [2.24, 2.45) is 5.92 Å². The van der Waals surface area contributed by atoms with Gasteiger partial charge in [-0.15, -0.1) is 10.2 Å². The predicted molar refractivity (Wildman–Crippen MR) is 93.0 cm³/mol. The zero-order chi connectivity index (χ0) is 17.2. The van der Waals surface area contributed by atoms with Gasteiger partial charge in [0.15, 0.2) is 5.65 Å². The Kier molecular flexibility index (Phi) is 3.34. The molecule has 3 aliphatic rings. The van der Waals surface area contributed by atoms with E-state index in [2.05, 4.69) is 31.8 Å². The number of fused-ring (bicyclic) bond motifs is 3. The topological polar surface area (TPSA) is 92.5 Å². The van der Waals surface area contributed by atoms with Crippen LogP contribution in [-0.4, -0.2) is 57.2 Å². The molecule has 2 aromatic heterocycles. The highest BCUT2D eigenvalue weighted by molar-refractivity contribution is 7.90. The number of piperidine rings is 1. The first-order chi connectivity index (χ1) is 12.1. The van der Waals surface area contributed by atoms with Gasteiger partial charge in [-0.05, 0) is 25.2 Å². The Morgan fingerprint density at radius 3 is 2.88 bits per heavy atom. The first kappa shape index (κ1) is 15.5. The predicted octanol–water partition coefficient (Wildman–Crippen LogP) is 1.01. The standard InChI is InChI=1S/C16H22N6O2S/c1-10-5-7-21(25(23,24)11-2-3-11)9-12(10)16-20-19-14-8-18-15-13(22(14)16)4-6-17-15/h8,10-12,17H,2-7,9H2,1H3. The van der Waals surface area contributed by atoms with E-state index in [-0.39, 0.29) is 11.2 Å². The van der Waals surface area contributed by atoms with E-state index in [1.165, 1.54) is 0 Å². The molecule has 8 nitrogen and oxygen atoms in total. The molecule has 0 amide bonds. The fourth-order valence-corrected chi connectivity index (χ4v) is 5.95. The number of aromatic nitrogens is 4. The summed E-state index contributed by atoms with van der Waals surface area (Å²) in [4.78, 5) is 4.41. The molecule has 0 spiro atoms. The molecule has 2 unspecified atom stereocenters. The van der Waals surface area contributed by atoms with Crippen LogP contribution < -0.4 is 5.32 Å². The third-order valence-corrected chi connectivity index (χ3v) is 8.14. The van der Waals surface area contributed by atoms with E-state index < -0.39 is 10.0 Å². The Bertz CT molecular complexity index is 935. The van der Waals surface area contributed by atoms with Crippen LogP contribution in [0.25, 0.3) is 5.65 Å². The Labute approximate surface area is 146 Å². The molecular weight excluding hydrogens is 340 g/mol. The molecule has 9 heteroatoms. The Balaban J connectivity index is 1.55. The molecule has 4 heterocycles. The van der Waals surface area contributed by atoms with Gasteiger partial charge in [-0.1, -0.05) is 6.92 Å². The highest BCUT2D eigenvalue weighted by Crippen LogP contribution is 2.38. The smallest absolute Gasteiger partial charge is 0.217 e. The van der Waals surface area contributed by atoms with Gasteiger partial charge >= 0.3 is 0 Å². The molecule has 0 bridgehead atoms. The van der Waals surface area contributed by atoms with Gasteiger partial charge in [0, 0.05) is 32.0 Å². The van der Waals surface area contributed by atoms with Gasteiger partial charge in [0.25, 0.3) is 0 Å². The maximum absolute atomic E-state index is 12.7. The summed E-state index contributed by atoms with van der Waals surface area (Å²) in [6.45, 7) is 4.17. The fraction of sp³-hybridized carbons (Fsp3) is 0.688. The molecule has 1 aliphatic carbocycles. The second kappa shape index (κ2) is 5.38. The van der Waals surface area contributed by atoms with Crippen molar-refractivity contribution in [3.63, 3.8) is 0 Å². The summed E-state index contributed by atoms with van der Waals surface area (Å²) in [6.07, 6.45) is 5.09. The minimum Gasteiger partial charge on any atom is -0.368 e. The van der Waals surface area contributed by atoms with Crippen molar-refractivity contribution in [3.05, 3.63) is 17.7 Å². The van der Waals surface area contributed by atoms with Crippen molar-refractivity contribution < 1.29 is 8.42 Å². The van der Waals surface area contributed by atoms with Crippen LogP contribution in [0.3, 0.4) is 0 Å². The molecule has 0 radical (unpaired) electrons. The van der Waals surface area contributed by atoms with Crippen molar-refractivity contribution in [1.29, 1.82) is 0 Å². The van der Waals surface area contributed by atoms with Crippen molar-refractivity contribution in [2.75, 3.05) is 25.0 Å². The van der Waals surface area contributed by atoms with Crippen LogP contribution in [0.15, 0.2) is 6.20 Å². The summed E-state index contributed by atoms with van der Waals surface area (Å²) in [5.41, 5.74) is 1.85. The summed E-state index contributed by atoms with van der Waals surface area (Å²) >= 11 is 0. The SMILES string of the molecule is CC1CCN(S(=O)(=O)C2CC2)CC1c1nnc2cnc3c(n12)CCN3. The molecule has 2 aliphatic heterocycles. The molecule has 2 atom stereocenters. The Morgan fingerprint density at radius 2 is 2.08 bits per heavy atom. The molecule has 1 N–H and O–H groups in total. The lowest BCUT2D eigenvalue weighted by atomic mass is 9.87. The van der Waals surface area contributed by atoms with Crippen LogP contribution >= 0.6 is 0 Å². The van der Waals surface area contributed by atoms with Crippen molar-refractivity contribution in [3.8, 4) is 0 Å². The summed E-state index contributed by atoms with van der Waals surface area (Å²) in [7, 11) is -3.15. The number of anilines is 1. The van der Waals surface area contributed by atoms with Crippen LogP contribution in [0.1, 0.15) is 43.6 Å². The van der Waals surface area contributed by atoms with E-state index in [0.717, 1.165) is 55.2 Å². The number of hydrogen-bond acceptors (Lipinski definition) is 6. The maximum atomic E-state index is 12.7. The second-order valence-corrected chi connectivity index (χ2v) is 9.67. The molecule has 2 fully saturated rings. The van der Waals surface area contributed by atoms with Crippen molar-refractivity contribution in [1.82, 2.24) is 23.9 Å². The van der Waals surface area contributed by atoms with Gasteiger partial charge in [0.2, 0.25) is 10.0 Å².